The minimum Gasteiger partial charge on any atom is -0.376 e. The average Bonchev–Trinajstić information content (AvgIpc) is 2.51. The lowest BCUT2D eigenvalue weighted by Crippen LogP contribution is -2.37. The van der Waals surface area contributed by atoms with Crippen LogP contribution in [0, 0.1) is 11.8 Å². The Morgan fingerprint density at radius 2 is 1.88 bits per heavy atom. The number of hydrogen-bond acceptors (Lipinski definition) is 2. The number of hydrogen-bond donors (Lipinski definition) is 1. The summed E-state index contributed by atoms with van der Waals surface area (Å²) in [6, 6.07) is 0.600. The lowest BCUT2D eigenvalue weighted by molar-refractivity contribution is 0.0202. The molecule has 0 aromatic rings. The lowest BCUT2D eigenvalue weighted by Gasteiger charge is -2.25. The highest BCUT2D eigenvalue weighted by Gasteiger charge is 2.38. The molecule has 2 saturated heterocycles. The summed E-state index contributed by atoms with van der Waals surface area (Å²) in [4.78, 5) is 0. The standard InChI is InChI=1S/C11H21NO.C2H6.CH4/c1-8(2)10-11-9(7-12-10)5-3-4-6-13-11;1-2;/h8-12H,3-7H2,1-2H3;1-2H3;1H4/t9-,10?,11?;;/m0../s1. The van der Waals surface area contributed by atoms with E-state index in [1.54, 1.807) is 0 Å². The van der Waals surface area contributed by atoms with Crippen LogP contribution in [0.2, 0.25) is 0 Å². The Kier molecular flexibility index (Phi) is 8.04. The van der Waals surface area contributed by atoms with E-state index < -0.39 is 0 Å². The van der Waals surface area contributed by atoms with Crippen LogP contribution < -0.4 is 5.32 Å². The van der Waals surface area contributed by atoms with E-state index in [1.165, 1.54) is 25.8 Å². The average molecular weight is 229 g/mol. The lowest BCUT2D eigenvalue weighted by atomic mass is 9.92. The SMILES string of the molecule is C.CC.CC(C)C1NC[C@@H]2CCCCOC12. The van der Waals surface area contributed by atoms with Crippen molar-refractivity contribution in [1.82, 2.24) is 5.32 Å². The zero-order valence-electron chi connectivity index (χ0n) is 10.8. The molecule has 0 radical (unpaired) electrons. The summed E-state index contributed by atoms with van der Waals surface area (Å²) in [5.74, 6) is 1.49. The Labute approximate surface area is 102 Å². The van der Waals surface area contributed by atoms with E-state index in [9.17, 15) is 0 Å². The molecule has 98 valence electrons. The fourth-order valence-corrected chi connectivity index (χ4v) is 2.66. The predicted octanol–water partition coefficient (Wildman–Crippen LogP) is 3.46. The van der Waals surface area contributed by atoms with E-state index in [0.717, 1.165) is 12.5 Å². The Bertz CT molecular complexity index is 170. The molecule has 2 heterocycles. The summed E-state index contributed by atoms with van der Waals surface area (Å²) in [6.45, 7) is 10.7. The first-order valence-corrected chi connectivity index (χ1v) is 6.64. The minimum atomic E-state index is 0. The molecule has 0 spiro atoms. The van der Waals surface area contributed by atoms with Crippen molar-refractivity contribution in [2.75, 3.05) is 13.2 Å². The molecule has 2 nitrogen and oxygen atoms in total. The van der Waals surface area contributed by atoms with Gasteiger partial charge in [-0.15, -0.1) is 0 Å². The molecule has 1 N–H and O–H groups in total. The Hall–Kier alpha value is -0.0800. The molecule has 0 aliphatic carbocycles. The molecular formula is C14H31NO. The van der Waals surface area contributed by atoms with Crippen LogP contribution in [-0.2, 0) is 4.74 Å². The first kappa shape index (κ1) is 15.9. The number of rotatable bonds is 1. The van der Waals surface area contributed by atoms with Crippen LogP contribution in [0.15, 0.2) is 0 Å². The second-order valence-electron chi connectivity index (χ2n) is 4.77. The van der Waals surface area contributed by atoms with E-state index in [1.807, 2.05) is 13.8 Å². The van der Waals surface area contributed by atoms with Gasteiger partial charge in [0.25, 0.3) is 0 Å². The van der Waals surface area contributed by atoms with Crippen molar-refractivity contribution in [1.29, 1.82) is 0 Å². The van der Waals surface area contributed by atoms with Gasteiger partial charge in [0.1, 0.15) is 0 Å². The van der Waals surface area contributed by atoms with E-state index >= 15 is 0 Å². The number of nitrogens with one attached hydrogen (secondary N) is 1. The third kappa shape index (κ3) is 3.74. The fraction of sp³-hybridized carbons (Fsp3) is 1.00. The summed E-state index contributed by atoms with van der Waals surface area (Å²) >= 11 is 0. The van der Waals surface area contributed by atoms with Gasteiger partial charge in [0.15, 0.2) is 0 Å². The van der Waals surface area contributed by atoms with Crippen molar-refractivity contribution in [3.05, 3.63) is 0 Å². The summed E-state index contributed by atoms with van der Waals surface area (Å²) in [7, 11) is 0. The smallest absolute Gasteiger partial charge is 0.0770 e. The van der Waals surface area contributed by atoms with Crippen molar-refractivity contribution in [2.24, 2.45) is 11.8 Å². The maximum absolute atomic E-state index is 5.94. The maximum atomic E-state index is 5.94. The second-order valence-corrected chi connectivity index (χ2v) is 4.77. The van der Waals surface area contributed by atoms with Gasteiger partial charge in [-0.05, 0) is 24.7 Å². The van der Waals surface area contributed by atoms with Crippen molar-refractivity contribution >= 4 is 0 Å². The van der Waals surface area contributed by atoms with Gasteiger partial charge in [-0.1, -0.05) is 41.5 Å². The summed E-state index contributed by atoms with van der Waals surface area (Å²) in [6.07, 6.45) is 4.48. The highest BCUT2D eigenvalue weighted by molar-refractivity contribution is 4.93. The van der Waals surface area contributed by atoms with E-state index in [2.05, 4.69) is 19.2 Å². The van der Waals surface area contributed by atoms with Gasteiger partial charge in [-0.3, -0.25) is 0 Å². The van der Waals surface area contributed by atoms with Crippen LogP contribution in [0.1, 0.15) is 54.4 Å². The van der Waals surface area contributed by atoms with Gasteiger partial charge in [0, 0.05) is 19.2 Å². The minimum absolute atomic E-state index is 0. The highest BCUT2D eigenvalue weighted by Crippen LogP contribution is 2.29. The quantitative estimate of drug-likeness (QED) is 0.743. The molecule has 0 saturated carbocycles. The molecule has 2 aliphatic heterocycles. The van der Waals surface area contributed by atoms with Crippen molar-refractivity contribution in [3.8, 4) is 0 Å². The zero-order valence-corrected chi connectivity index (χ0v) is 10.8. The molecular weight excluding hydrogens is 198 g/mol. The molecule has 16 heavy (non-hydrogen) atoms. The van der Waals surface area contributed by atoms with Crippen molar-refractivity contribution < 1.29 is 4.74 Å². The Morgan fingerprint density at radius 3 is 2.50 bits per heavy atom. The predicted molar refractivity (Wildman–Crippen MR) is 71.8 cm³/mol. The van der Waals surface area contributed by atoms with Crippen LogP contribution >= 0.6 is 0 Å². The molecule has 0 aromatic heterocycles. The highest BCUT2D eigenvalue weighted by atomic mass is 16.5. The first-order chi connectivity index (χ1) is 7.29. The third-order valence-corrected chi connectivity index (χ3v) is 3.43. The van der Waals surface area contributed by atoms with Crippen LogP contribution in [0.4, 0.5) is 0 Å². The van der Waals surface area contributed by atoms with Crippen molar-refractivity contribution in [2.45, 2.75) is 66.5 Å². The zero-order chi connectivity index (χ0) is 11.3. The molecule has 0 amide bonds. The van der Waals surface area contributed by atoms with E-state index in [0.29, 0.717) is 18.1 Å². The topological polar surface area (TPSA) is 21.3 Å². The van der Waals surface area contributed by atoms with Gasteiger partial charge >= 0.3 is 0 Å². The molecule has 0 bridgehead atoms. The maximum Gasteiger partial charge on any atom is 0.0770 e. The third-order valence-electron chi connectivity index (χ3n) is 3.43. The van der Waals surface area contributed by atoms with Gasteiger partial charge < -0.3 is 10.1 Å². The summed E-state index contributed by atoms with van der Waals surface area (Å²) in [5.41, 5.74) is 0. The Morgan fingerprint density at radius 1 is 1.19 bits per heavy atom. The van der Waals surface area contributed by atoms with Crippen LogP contribution in [0.25, 0.3) is 0 Å². The second kappa shape index (κ2) is 8.08. The van der Waals surface area contributed by atoms with Gasteiger partial charge in [-0.25, -0.2) is 0 Å². The monoisotopic (exact) mass is 229 g/mol. The number of fused-ring (bicyclic) bond motifs is 1. The molecule has 3 atom stereocenters. The molecule has 0 aromatic carbocycles. The van der Waals surface area contributed by atoms with Crippen LogP contribution in [0.5, 0.6) is 0 Å². The fourth-order valence-electron chi connectivity index (χ4n) is 2.66. The normalized spacial score (nSPS) is 33.2. The Balaban J connectivity index is 0.000000711. The molecule has 2 rings (SSSR count). The van der Waals surface area contributed by atoms with Crippen LogP contribution in [0.3, 0.4) is 0 Å². The molecule has 2 unspecified atom stereocenters. The van der Waals surface area contributed by atoms with Gasteiger partial charge in [0.05, 0.1) is 6.10 Å². The van der Waals surface area contributed by atoms with E-state index in [4.69, 9.17) is 4.74 Å². The molecule has 2 heteroatoms. The van der Waals surface area contributed by atoms with Gasteiger partial charge in [-0.2, -0.15) is 0 Å². The summed E-state index contributed by atoms with van der Waals surface area (Å²) in [5, 5.41) is 3.60. The van der Waals surface area contributed by atoms with Gasteiger partial charge in [0.2, 0.25) is 0 Å². The van der Waals surface area contributed by atoms with Crippen molar-refractivity contribution in [3.63, 3.8) is 0 Å². The first-order valence-electron chi connectivity index (χ1n) is 6.64. The van der Waals surface area contributed by atoms with Crippen LogP contribution in [-0.4, -0.2) is 25.3 Å². The molecule has 2 fully saturated rings. The summed E-state index contributed by atoms with van der Waals surface area (Å²) < 4.78 is 5.94. The van der Waals surface area contributed by atoms with E-state index in [-0.39, 0.29) is 7.43 Å². The largest absolute Gasteiger partial charge is 0.376 e. The number of ether oxygens (including phenoxy) is 1. The molecule has 2 aliphatic rings.